The van der Waals surface area contributed by atoms with E-state index in [9.17, 15) is 5.11 Å². The summed E-state index contributed by atoms with van der Waals surface area (Å²) in [5.41, 5.74) is 1.12. The second kappa shape index (κ2) is 10.4. The van der Waals surface area contributed by atoms with E-state index in [4.69, 9.17) is 0 Å². The largest absolute Gasteiger partial charge is 0.391 e. The Morgan fingerprint density at radius 3 is 2.79 bits per heavy atom. The van der Waals surface area contributed by atoms with Crippen LogP contribution >= 0.6 is 0 Å². The Kier molecular flexibility index (Phi) is 7.83. The summed E-state index contributed by atoms with van der Waals surface area (Å²) in [4.78, 5) is 4.47. The van der Waals surface area contributed by atoms with Gasteiger partial charge in [0.25, 0.3) is 0 Å². The Bertz CT molecular complexity index is 583. The molecule has 1 atom stereocenters. The number of rotatable bonds is 9. The highest BCUT2D eigenvalue weighted by Gasteiger charge is 2.05. The van der Waals surface area contributed by atoms with Gasteiger partial charge in [0.1, 0.15) is 0 Å². The minimum atomic E-state index is -0.480. The van der Waals surface area contributed by atoms with Gasteiger partial charge in [0.15, 0.2) is 5.96 Å². The number of nitrogens with zero attached hydrogens (tertiary/aromatic N) is 3. The third kappa shape index (κ3) is 6.83. The molecule has 0 radical (unpaired) electrons. The standard InChI is InChI=1S/C18H27N5O/c1-2-19-18(20-10-6-12-23-13-7-11-22-23)21-15-17(24)14-16-8-4-3-5-9-16/h3-5,7-9,11,13,17,24H,2,6,10,12,14-15H2,1H3,(H2,19,20,21). The van der Waals surface area contributed by atoms with E-state index in [0.29, 0.717) is 13.0 Å². The minimum absolute atomic E-state index is 0.378. The first-order valence-corrected chi connectivity index (χ1v) is 8.49. The molecule has 1 unspecified atom stereocenters. The Morgan fingerprint density at radius 1 is 1.25 bits per heavy atom. The van der Waals surface area contributed by atoms with Crippen molar-refractivity contribution in [3.63, 3.8) is 0 Å². The molecule has 0 bridgehead atoms. The first-order valence-electron chi connectivity index (χ1n) is 8.49. The molecule has 2 rings (SSSR count). The minimum Gasteiger partial charge on any atom is -0.391 e. The quantitative estimate of drug-likeness (QED) is 0.370. The Balaban J connectivity index is 1.72. The van der Waals surface area contributed by atoms with Crippen LogP contribution in [0.2, 0.25) is 0 Å². The topological polar surface area (TPSA) is 74.5 Å². The monoisotopic (exact) mass is 329 g/mol. The van der Waals surface area contributed by atoms with Gasteiger partial charge in [-0.05, 0) is 25.0 Å². The molecule has 0 saturated heterocycles. The summed E-state index contributed by atoms with van der Waals surface area (Å²) < 4.78 is 1.91. The molecule has 3 N–H and O–H groups in total. The van der Waals surface area contributed by atoms with Crippen LogP contribution in [0, 0.1) is 0 Å². The molecular formula is C18H27N5O. The zero-order valence-electron chi connectivity index (χ0n) is 14.2. The van der Waals surface area contributed by atoms with Gasteiger partial charge in [-0.1, -0.05) is 30.3 Å². The Labute approximate surface area is 143 Å². The molecule has 24 heavy (non-hydrogen) atoms. The number of aliphatic hydroxyl groups excluding tert-OH is 1. The van der Waals surface area contributed by atoms with Gasteiger partial charge >= 0.3 is 0 Å². The van der Waals surface area contributed by atoms with E-state index in [1.807, 2.05) is 54.2 Å². The number of hydrogen-bond donors (Lipinski definition) is 3. The van der Waals surface area contributed by atoms with Crippen molar-refractivity contribution < 1.29 is 5.11 Å². The molecule has 0 saturated carbocycles. The van der Waals surface area contributed by atoms with E-state index in [2.05, 4.69) is 20.7 Å². The molecule has 0 fully saturated rings. The van der Waals surface area contributed by atoms with Gasteiger partial charge in [0.05, 0.1) is 12.6 Å². The van der Waals surface area contributed by atoms with Crippen molar-refractivity contribution in [1.29, 1.82) is 0 Å². The fourth-order valence-electron chi connectivity index (χ4n) is 2.37. The van der Waals surface area contributed by atoms with Crippen molar-refractivity contribution in [1.82, 2.24) is 20.4 Å². The number of aryl methyl sites for hydroxylation is 1. The molecule has 0 spiro atoms. The maximum atomic E-state index is 10.1. The summed E-state index contributed by atoms with van der Waals surface area (Å²) in [6, 6.07) is 11.9. The van der Waals surface area contributed by atoms with Crippen molar-refractivity contribution in [3.05, 3.63) is 54.4 Å². The molecule has 0 aliphatic heterocycles. The normalized spacial score (nSPS) is 12.8. The number of guanidine groups is 1. The molecule has 2 aromatic rings. The van der Waals surface area contributed by atoms with Gasteiger partial charge in [-0.15, -0.1) is 0 Å². The van der Waals surface area contributed by atoms with Crippen molar-refractivity contribution in [2.75, 3.05) is 19.6 Å². The highest BCUT2D eigenvalue weighted by atomic mass is 16.3. The molecule has 0 aliphatic rings. The lowest BCUT2D eigenvalue weighted by Crippen LogP contribution is -2.38. The molecule has 1 aromatic carbocycles. The van der Waals surface area contributed by atoms with Crippen molar-refractivity contribution in [3.8, 4) is 0 Å². The predicted octanol–water partition coefficient (Wildman–Crippen LogP) is 1.43. The smallest absolute Gasteiger partial charge is 0.191 e. The third-order valence-electron chi connectivity index (χ3n) is 3.53. The molecule has 0 amide bonds. The molecule has 130 valence electrons. The summed E-state index contributed by atoms with van der Waals surface area (Å²) in [5, 5.41) is 20.8. The zero-order valence-corrected chi connectivity index (χ0v) is 14.2. The maximum absolute atomic E-state index is 10.1. The van der Waals surface area contributed by atoms with Crippen LogP contribution in [0.4, 0.5) is 0 Å². The van der Waals surface area contributed by atoms with Crippen molar-refractivity contribution in [2.24, 2.45) is 4.99 Å². The number of hydrogen-bond acceptors (Lipinski definition) is 3. The van der Waals surface area contributed by atoms with E-state index in [-0.39, 0.29) is 0 Å². The average molecular weight is 329 g/mol. The molecule has 0 aliphatic carbocycles. The van der Waals surface area contributed by atoms with Crippen LogP contribution in [-0.4, -0.2) is 46.6 Å². The fraction of sp³-hybridized carbons (Fsp3) is 0.444. The van der Waals surface area contributed by atoms with Crippen LogP contribution in [0.25, 0.3) is 0 Å². The summed E-state index contributed by atoms with van der Waals surface area (Å²) in [7, 11) is 0. The first kappa shape index (κ1) is 18.0. The van der Waals surface area contributed by atoms with Crippen LogP contribution in [0.5, 0.6) is 0 Å². The lowest BCUT2D eigenvalue weighted by Gasteiger charge is -2.13. The number of benzene rings is 1. The Hall–Kier alpha value is -2.34. The molecule has 1 aromatic heterocycles. The van der Waals surface area contributed by atoms with Crippen LogP contribution < -0.4 is 10.6 Å². The van der Waals surface area contributed by atoms with Gasteiger partial charge in [-0.25, -0.2) is 0 Å². The lowest BCUT2D eigenvalue weighted by molar-refractivity contribution is 0.183. The summed E-state index contributed by atoms with van der Waals surface area (Å²) >= 11 is 0. The van der Waals surface area contributed by atoms with Gasteiger partial charge in [-0.2, -0.15) is 5.10 Å². The summed E-state index contributed by atoms with van der Waals surface area (Å²) in [5.74, 6) is 0.741. The highest BCUT2D eigenvalue weighted by Crippen LogP contribution is 2.03. The van der Waals surface area contributed by atoms with E-state index >= 15 is 0 Å². The van der Waals surface area contributed by atoms with Crippen molar-refractivity contribution >= 4 is 5.96 Å². The SMILES string of the molecule is CCNC(=NCC(O)Cc1ccccc1)NCCCn1cccn1. The molecule has 1 heterocycles. The number of aliphatic hydroxyl groups is 1. The number of aromatic nitrogens is 2. The third-order valence-corrected chi connectivity index (χ3v) is 3.53. The van der Waals surface area contributed by atoms with Gasteiger partial charge < -0.3 is 15.7 Å². The van der Waals surface area contributed by atoms with E-state index < -0.39 is 6.10 Å². The molecule has 6 nitrogen and oxygen atoms in total. The van der Waals surface area contributed by atoms with Crippen LogP contribution in [-0.2, 0) is 13.0 Å². The van der Waals surface area contributed by atoms with Gasteiger partial charge in [0, 0.05) is 38.4 Å². The molecular weight excluding hydrogens is 302 g/mol. The second-order valence-electron chi connectivity index (χ2n) is 5.61. The summed E-state index contributed by atoms with van der Waals surface area (Å²) in [6.07, 6.45) is 4.83. The fourth-order valence-corrected chi connectivity index (χ4v) is 2.37. The predicted molar refractivity (Wildman–Crippen MR) is 97.0 cm³/mol. The van der Waals surface area contributed by atoms with Gasteiger partial charge in [0.2, 0.25) is 0 Å². The molecule has 6 heteroatoms. The highest BCUT2D eigenvalue weighted by molar-refractivity contribution is 5.79. The number of aliphatic imine (C=N–C) groups is 1. The first-order chi connectivity index (χ1) is 11.8. The van der Waals surface area contributed by atoms with Crippen LogP contribution in [0.3, 0.4) is 0 Å². The summed E-state index contributed by atoms with van der Waals surface area (Å²) in [6.45, 7) is 4.88. The Morgan fingerprint density at radius 2 is 2.08 bits per heavy atom. The van der Waals surface area contributed by atoms with E-state index in [1.165, 1.54) is 0 Å². The van der Waals surface area contributed by atoms with Gasteiger partial charge in [-0.3, -0.25) is 9.67 Å². The van der Waals surface area contributed by atoms with E-state index in [0.717, 1.165) is 37.6 Å². The average Bonchev–Trinajstić information content (AvgIpc) is 3.11. The zero-order chi connectivity index (χ0) is 17.0. The number of nitrogens with one attached hydrogen (secondary N) is 2. The second-order valence-corrected chi connectivity index (χ2v) is 5.61. The van der Waals surface area contributed by atoms with Crippen LogP contribution in [0.1, 0.15) is 18.9 Å². The maximum Gasteiger partial charge on any atom is 0.191 e. The lowest BCUT2D eigenvalue weighted by atomic mass is 10.1. The van der Waals surface area contributed by atoms with Crippen LogP contribution in [0.15, 0.2) is 53.8 Å². The van der Waals surface area contributed by atoms with E-state index in [1.54, 1.807) is 6.20 Å². The van der Waals surface area contributed by atoms with Crippen molar-refractivity contribution in [2.45, 2.75) is 32.4 Å².